The number of carbonyl (C=O) groups excluding carboxylic acids is 1. The number of ether oxygens (including phenoxy) is 1. The molecule has 0 radical (unpaired) electrons. The van der Waals surface area contributed by atoms with Gasteiger partial charge in [0, 0.05) is 31.9 Å². The quantitative estimate of drug-likeness (QED) is 0.763. The molecule has 1 aliphatic heterocycles. The summed E-state index contributed by atoms with van der Waals surface area (Å²) < 4.78 is 7.73. The number of aromatic nitrogens is 2. The van der Waals surface area contributed by atoms with E-state index in [4.69, 9.17) is 4.74 Å². The van der Waals surface area contributed by atoms with Crippen LogP contribution in [0.15, 0.2) is 42.6 Å². The van der Waals surface area contributed by atoms with Gasteiger partial charge in [0.2, 0.25) is 5.91 Å². The fourth-order valence-electron chi connectivity index (χ4n) is 4.05. The van der Waals surface area contributed by atoms with E-state index >= 15 is 0 Å². The first-order chi connectivity index (χ1) is 13.3. The summed E-state index contributed by atoms with van der Waals surface area (Å²) in [5.41, 5.74) is 2.28. The zero-order valence-corrected chi connectivity index (χ0v) is 15.7. The Balaban J connectivity index is 1.31. The molecule has 1 aromatic carbocycles. The number of hydrogen-bond donors (Lipinski definition) is 1. The van der Waals surface area contributed by atoms with Crippen molar-refractivity contribution in [3.63, 3.8) is 0 Å². The average molecular weight is 368 g/mol. The van der Waals surface area contributed by atoms with Crippen molar-refractivity contribution in [2.45, 2.75) is 50.9 Å². The summed E-state index contributed by atoms with van der Waals surface area (Å²) in [6.45, 7) is 3.58. The second kappa shape index (κ2) is 8.67. The molecule has 2 heterocycles. The van der Waals surface area contributed by atoms with Crippen LogP contribution in [0.5, 0.6) is 0 Å². The highest BCUT2D eigenvalue weighted by Gasteiger charge is 2.32. The van der Waals surface area contributed by atoms with Gasteiger partial charge in [-0.3, -0.25) is 14.4 Å². The summed E-state index contributed by atoms with van der Waals surface area (Å²) >= 11 is 0. The predicted molar refractivity (Wildman–Crippen MR) is 103 cm³/mol. The molecule has 6 nitrogen and oxygen atoms in total. The van der Waals surface area contributed by atoms with Gasteiger partial charge in [-0.25, -0.2) is 0 Å². The van der Waals surface area contributed by atoms with Crippen molar-refractivity contribution in [3.8, 4) is 0 Å². The monoisotopic (exact) mass is 368 g/mol. The Morgan fingerprint density at radius 1 is 1.19 bits per heavy atom. The summed E-state index contributed by atoms with van der Waals surface area (Å²) in [5.74, 6) is 0.0988. The number of nitrogens with one attached hydrogen (secondary N) is 1. The van der Waals surface area contributed by atoms with Crippen LogP contribution < -0.4 is 5.32 Å². The lowest BCUT2D eigenvalue weighted by atomic mass is 10.1. The van der Waals surface area contributed by atoms with Crippen molar-refractivity contribution < 1.29 is 9.53 Å². The van der Waals surface area contributed by atoms with Crippen LogP contribution in [0.3, 0.4) is 0 Å². The van der Waals surface area contributed by atoms with Crippen molar-refractivity contribution in [2.24, 2.45) is 0 Å². The number of carbonyl (C=O) groups is 1. The summed E-state index contributed by atoms with van der Waals surface area (Å²) in [6.07, 6.45) is 6.42. The van der Waals surface area contributed by atoms with Crippen LogP contribution in [-0.2, 0) is 22.7 Å². The molecule has 1 aliphatic carbocycles. The van der Waals surface area contributed by atoms with Crippen LogP contribution in [0.2, 0.25) is 0 Å². The Labute approximate surface area is 160 Å². The molecule has 1 saturated carbocycles. The third-order valence-electron chi connectivity index (χ3n) is 5.53. The van der Waals surface area contributed by atoms with E-state index in [2.05, 4.69) is 27.4 Å². The van der Waals surface area contributed by atoms with Gasteiger partial charge in [-0.2, -0.15) is 5.10 Å². The van der Waals surface area contributed by atoms with Crippen molar-refractivity contribution in [1.82, 2.24) is 20.0 Å². The van der Waals surface area contributed by atoms with Crippen LogP contribution in [0.25, 0.3) is 0 Å². The SMILES string of the molecule is O=C(NC1CCCC1)C1CN(CCOCc2ccccc2)Cc2ccnn21. The molecule has 0 spiro atoms. The maximum atomic E-state index is 12.8. The Morgan fingerprint density at radius 2 is 2.00 bits per heavy atom. The minimum atomic E-state index is -0.251. The maximum Gasteiger partial charge on any atom is 0.246 e. The van der Waals surface area contributed by atoms with E-state index in [-0.39, 0.29) is 11.9 Å². The Hall–Kier alpha value is -2.18. The van der Waals surface area contributed by atoms with E-state index in [0.717, 1.165) is 31.6 Å². The second-order valence-corrected chi connectivity index (χ2v) is 7.55. The average Bonchev–Trinajstić information content (AvgIpc) is 3.37. The Morgan fingerprint density at radius 3 is 2.81 bits per heavy atom. The van der Waals surface area contributed by atoms with Gasteiger partial charge in [0.1, 0.15) is 6.04 Å². The minimum absolute atomic E-state index is 0.0988. The van der Waals surface area contributed by atoms with Gasteiger partial charge in [-0.15, -0.1) is 0 Å². The molecule has 144 valence electrons. The fraction of sp³-hybridized carbons (Fsp3) is 0.524. The van der Waals surface area contributed by atoms with Crippen LogP contribution in [-0.4, -0.2) is 46.3 Å². The van der Waals surface area contributed by atoms with E-state index in [1.807, 2.05) is 28.9 Å². The summed E-state index contributed by atoms with van der Waals surface area (Å²) in [6, 6.07) is 12.3. The molecule has 1 amide bonds. The zero-order valence-electron chi connectivity index (χ0n) is 15.7. The first-order valence-corrected chi connectivity index (χ1v) is 9.96. The van der Waals surface area contributed by atoms with Crippen LogP contribution >= 0.6 is 0 Å². The zero-order chi connectivity index (χ0) is 18.5. The number of rotatable bonds is 7. The minimum Gasteiger partial charge on any atom is -0.375 e. The van der Waals surface area contributed by atoms with Gasteiger partial charge in [0.05, 0.1) is 18.9 Å². The van der Waals surface area contributed by atoms with Gasteiger partial charge >= 0.3 is 0 Å². The smallest absolute Gasteiger partial charge is 0.246 e. The molecule has 1 aromatic heterocycles. The van der Waals surface area contributed by atoms with Crippen LogP contribution in [0.1, 0.15) is 43.0 Å². The molecule has 1 atom stereocenters. The third-order valence-corrected chi connectivity index (χ3v) is 5.53. The lowest BCUT2D eigenvalue weighted by Crippen LogP contribution is -2.47. The lowest BCUT2D eigenvalue weighted by Gasteiger charge is -2.33. The van der Waals surface area contributed by atoms with Crippen molar-refractivity contribution >= 4 is 5.91 Å². The van der Waals surface area contributed by atoms with Gasteiger partial charge < -0.3 is 10.1 Å². The first-order valence-electron chi connectivity index (χ1n) is 9.96. The number of fused-ring (bicyclic) bond motifs is 1. The van der Waals surface area contributed by atoms with Gasteiger partial charge in [0.25, 0.3) is 0 Å². The number of nitrogens with zero attached hydrogens (tertiary/aromatic N) is 3. The molecule has 0 saturated heterocycles. The lowest BCUT2D eigenvalue weighted by molar-refractivity contribution is -0.126. The molecule has 0 bridgehead atoms. The first kappa shape index (κ1) is 18.2. The molecule has 1 unspecified atom stereocenters. The van der Waals surface area contributed by atoms with Crippen molar-refractivity contribution in [2.75, 3.05) is 19.7 Å². The highest BCUT2D eigenvalue weighted by Crippen LogP contribution is 2.23. The molecule has 27 heavy (non-hydrogen) atoms. The normalized spacial score (nSPS) is 20.5. The van der Waals surface area contributed by atoms with Crippen molar-refractivity contribution in [3.05, 3.63) is 53.9 Å². The van der Waals surface area contributed by atoms with E-state index < -0.39 is 0 Å². The summed E-state index contributed by atoms with van der Waals surface area (Å²) in [7, 11) is 0. The highest BCUT2D eigenvalue weighted by molar-refractivity contribution is 5.81. The van der Waals surface area contributed by atoms with Crippen LogP contribution in [0.4, 0.5) is 0 Å². The van der Waals surface area contributed by atoms with Crippen molar-refractivity contribution in [1.29, 1.82) is 0 Å². The topological polar surface area (TPSA) is 59.4 Å². The molecular weight excluding hydrogens is 340 g/mol. The number of hydrogen-bond acceptors (Lipinski definition) is 4. The fourth-order valence-corrected chi connectivity index (χ4v) is 4.05. The molecule has 2 aromatic rings. The van der Waals surface area contributed by atoms with Gasteiger partial charge in [-0.1, -0.05) is 43.2 Å². The molecule has 2 aliphatic rings. The van der Waals surface area contributed by atoms with Crippen LogP contribution in [0, 0.1) is 0 Å². The molecule has 6 heteroatoms. The Kier molecular flexibility index (Phi) is 5.84. The van der Waals surface area contributed by atoms with E-state index in [9.17, 15) is 4.79 Å². The predicted octanol–water partition coefficient (Wildman–Crippen LogP) is 2.52. The van der Waals surface area contributed by atoms with E-state index in [1.165, 1.54) is 18.4 Å². The summed E-state index contributed by atoms with van der Waals surface area (Å²) in [4.78, 5) is 15.1. The maximum absolute atomic E-state index is 12.8. The molecule has 1 fully saturated rings. The Bertz CT molecular complexity index is 740. The molecule has 4 rings (SSSR count). The molecule has 1 N–H and O–H groups in total. The second-order valence-electron chi connectivity index (χ2n) is 7.55. The summed E-state index contributed by atoms with van der Waals surface area (Å²) in [5, 5.41) is 7.63. The number of benzene rings is 1. The third kappa shape index (κ3) is 4.57. The number of amides is 1. The van der Waals surface area contributed by atoms with E-state index in [1.54, 1.807) is 6.20 Å². The van der Waals surface area contributed by atoms with E-state index in [0.29, 0.717) is 25.8 Å². The largest absolute Gasteiger partial charge is 0.375 e. The highest BCUT2D eigenvalue weighted by atomic mass is 16.5. The van der Waals surface area contributed by atoms with Gasteiger partial charge in [-0.05, 0) is 24.5 Å². The standard InChI is InChI=1S/C21H28N4O2/c26-21(23-18-8-4-5-9-18)20-15-24(14-19-10-11-22-25(19)20)12-13-27-16-17-6-2-1-3-7-17/h1-3,6-7,10-11,18,20H,4-5,8-9,12-16H2,(H,23,26). The molecular formula is C21H28N4O2. The van der Waals surface area contributed by atoms with Gasteiger partial charge in [0.15, 0.2) is 0 Å².